The molecule has 0 saturated heterocycles. The molecular weight excluding hydrogens is 539 g/mol. The highest BCUT2D eigenvalue weighted by molar-refractivity contribution is 5.41. The summed E-state index contributed by atoms with van der Waals surface area (Å²) in [6, 6.07) is 14.0. The molecule has 8 heteroatoms. The zero-order valence-electron chi connectivity index (χ0n) is 25.4. The highest BCUT2D eigenvalue weighted by Crippen LogP contribution is 2.35. The molecule has 228 valence electrons. The third-order valence-electron chi connectivity index (χ3n) is 6.46. The van der Waals surface area contributed by atoms with Gasteiger partial charge in [-0.3, -0.25) is 0 Å². The number of phenols is 1. The Hall–Kier alpha value is -3.29. The fourth-order valence-corrected chi connectivity index (χ4v) is 3.98. The van der Waals surface area contributed by atoms with Gasteiger partial charge in [0.25, 0.3) is 6.43 Å². The van der Waals surface area contributed by atoms with E-state index in [2.05, 4.69) is 45.9 Å². The Kier molecular flexibility index (Phi) is 14.1. The summed E-state index contributed by atoms with van der Waals surface area (Å²) in [7, 11) is 3.27. The Labute approximate surface area is 241 Å². The summed E-state index contributed by atoms with van der Waals surface area (Å²) in [6.07, 6.45) is -6.10. The van der Waals surface area contributed by atoms with Crippen molar-refractivity contribution in [2.75, 3.05) is 14.2 Å². The number of methoxy groups -OCH3 is 2. The van der Waals surface area contributed by atoms with Gasteiger partial charge in [-0.05, 0) is 82.8 Å². The van der Waals surface area contributed by atoms with Gasteiger partial charge in [0.1, 0.15) is 17.2 Å². The second kappa shape index (κ2) is 16.2. The van der Waals surface area contributed by atoms with E-state index in [4.69, 9.17) is 9.47 Å². The Morgan fingerprint density at radius 2 is 1.22 bits per heavy atom. The van der Waals surface area contributed by atoms with Crippen molar-refractivity contribution in [2.24, 2.45) is 0 Å². The number of phenolic OH excluding ortho intramolecular Hbond substituents is 1. The van der Waals surface area contributed by atoms with Gasteiger partial charge in [-0.25, -0.2) is 8.78 Å². The van der Waals surface area contributed by atoms with Crippen molar-refractivity contribution in [3.63, 3.8) is 0 Å². The third-order valence-corrected chi connectivity index (χ3v) is 6.46. The third kappa shape index (κ3) is 10.9. The lowest BCUT2D eigenvalue weighted by atomic mass is 9.95. The predicted octanol–water partition coefficient (Wildman–Crippen LogP) is 10.7. The van der Waals surface area contributed by atoms with Crippen LogP contribution < -0.4 is 9.47 Å². The number of aryl methyl sites for hydroxylation is 1. The lowest BCUT2D eigenvalue weighted by Crippen LogP contribution is -2.05. The van der Waals surface area contributed by atoms with Gasteiger partial charge in [0.2, 0.25) is 0 Å². The van der Waals surface area contributed by atoms with Crippen LogP contribution in [-0.4, -0.2) is 19.3 Å². The van der Waals surface area contributed by atoms with Crippen molar-refractivity contribution < 1.29 is 36.5 Å². The minimum Gasteiger partial charge on any atom is -0.508 e. The maximum atomic E-state index is 12.3. The van der Waals surface area contributed by atoms with E-state index in [-0.39, 0.29) is 17.2 Å². The molecule has 0 heterocycles. The molecule has 0 aliphatic rings. The van der Waals surface area contributed by atoms with Crippen LogP contribution in [0.25, 0.3) is 0 Å². The Balaban J connectivity index is 0.000000308. The SMILES string of the molecule is CC(C)c1ccc(C(F)(F)F)cc1O.CCc1cc(C(F)F)ccc1OC.COc1ccc(C(C)C)cc1C(C)C. The first-order chi connectivity index (χ1) is 19.1. The van der Waals surface area contributed by atoms with E-state index in [1.807, 2.05) is 20.8 Å². The predicted molar refractivity (Wildman–Crippen MR) is 156 cm³/mol. The number of alkyl halides is 5. The Morgan fingerprint density at radius 3 is 1.63 bits per heavy atom. The molecular formula is C33H43F5O3. The first-order valence-electron chi connectivity index (χ1n) is 13.6. The van der Waals surface area contributed by atoms with E-state index in [9.17, 15) is 27.1 Å². The monoisotopic (exact) mass is 582 g/mol. The van der Waals surface area contributed by atoms with Crippen LogP contribution in [0.15, 0.2) is 54.6 Å². The minimum atomic E-state index is -4.40. The van der Waals surface area contributed by atoms with Crippen molar-refractivity contribution in [3.05, 3.63) is 88.0 Å². The van der Waals surface area contributed by atoms with E-state index in [0.717, 1.165) is 23.4 Å². The topological polar surface area (TPSA) is 38.7 Å². The molecule has 0 unspecified atom stereocenters. The zero-order valence-corrected chi connectivity index (χ0v) is 25.4. The van der Waals surface area contributed by atoms with Gasteiger partial charge in [-0.1, -0.05) is 66.7 Å². The van der Waals surface area contributed by atoms with Gasteiger partial charge in [0.05, 0.1) is 19.8 Å². The molecule has 0 saturated carbocycles. The zero-order chi connectivity index (χ0) is 31.5. The van der Waals surface area contributed by atoms with Crippen LogP contribution in [0.2, 0.25) is 0 Å². The van der Waals surface area contributed by atoms with Crippen LogP contribution in [-0.2, 0) is 12.6 Å². The molecule has 3 aromatic rings. The Morgan fingerprint density at radius 1 is 0.683 bits per heavy atom. The molecule has 0 fully saturated rings. The standard InChI is InChI=1S/C13H20O.C10H11F3O.C10H12F2O/c1-9(2)11-6-7-13(14-5)12(8-11)10(3)4;1-6(2)8-4-3-7(5-9(8)14)10(11,12)13;1-3-7-6-8(10(11)12)4-5-9(7)13-2/h6-10H,1-5H3;3-6,14H,1-2H3;4-6,10H,3H2,1-2H3. The van der Waals surface area contributed by atoms with Crippen molar-refractivity contribution in [1.82, 2.24) is 0 Å². The highest BCUT2D eigenvalue weighted by atomic mass is 19.4. The second-order valence-electron chi connectivity index (χ2n) is 10.5. The molecule has 1 N–H and O–H groups in total. The van der Waals surface area contributed by atoms with Crippen LogP contribution in [0.1, 0.15) is 106 Å². The van der Waals surface area contributed by atoms with E-state index < -0.39 is 18.2 Å². The highest BCUT2D eigenvalue weighted by Gasteiger charge is 2.31. The summed E-state index contributed by atoms with van der Waals surface area (Å²) >= 11 is 0. The number of benzene rings is 3. The molecule has 0 spiro atoms. The van der Waals surface area contributed by atoms with Crippen molar-refractivity contribution in [1.29, 1.82) is 0 Å². The molecule has 3 rings (SSSR count). The van der Waals surface area contributed by atoms with E-state index in [1.165, 1.54) is 36.4 Å². The number of ether oxygens (including phenoxy) is 2. The quantitative estimate of drug-likeness (QED) is 0.282. The maximum absolute atomic E-state index is 12.3. The van der Waals surface area contributed by atoms with Gasteiger partial charge in [-0.15, -0.1) is 0 Å². The molecule has 0 bridgehead atoms. The first-order valence-corrected chi connectivity index (χ1v) is 13.6. The summed E-state index contributed by atoms with van der Waals surface area (Å²) in [5.41, 5.74) is 3.27. The molecule has 0 amide bonds. The van der Waals surface area contributed by atoms with Crippen molar-refractivity contribution >= 4 is 0 Å². The molecule has 0 atom stereocenters. The second-order valence-corrected chi connectivity index (χ2v) is 10.5. The largest absolute Gasteiger partial charge is 0.508 e. The summed E-state index contributed by atoms with van der Waals surface area (Å²) in [6.45, 7) is 14.3. The minimum absolute atomic E-state index is 0.0114. The first kappa shape index (κ1) is 35.7. The average molecular weight is 583 g/mol. The lowest BCUT2D eigenvalue weighted by Gasteiger charge is -2.15. The normalized spacial score (nSPS) is 11.3. The average Bonchev–Trinajstić information content (AvgIpc) is 2.92. The fraction of sp³-hybridized carbons (Fsp3) is 0.455. The summed E-state index contributed by atoms with van der Waals surface area (Å²) in [5, 5.41) is 9.33. The molecule has 0 aliphatic carbocycles. The van der Waals surface area contributed by atoms with Crippen LogP contribution in [0.5, 0.6) is 17.2 Å². The van der Waals surface area contributed by atoms with Gasteiger partial charge < -0.3 is 14.6 Å². The molecule has 0 aliphatic heterocycles. The smallest absolute Gasteiger partial charge is 0.416 e. The number of hydrogen-bond donors (Lipinski definition) is 1. The van der Waals surface area contributed by atoms with E-state index in [1.54, 1.807) is 13.2 Å². The molecule has 3 nitrogen and oxygen atoms in total. The number of rotatable bonds is 7. The van der Waals surface area contributed by atoms with Crippen LogP contribution in [0.3, 0.4) is 0 Å². The van der Waals surface area contributed by atoms with E-state index >= 15 is 0 Å². The van der Waals surface area contributed by atoms with Crippen molar-refractivity contribution in [3.8, 4) is 17.2 Å². The lowest BCUT2D eigenvalue weighted by molar-refractivity contribution is -0.137. The molecule has 3 aromatic carbocycles. The number of aromatic hydroxyl groups is 1. The van der Waals surface area contributed by atoms with Gasteiger partial charge in [0, 0.05) is 5.56 Å². The maximum Gasteiger partial charge on any atom is 0.416 e. The summed E-state index contributed by atoms with van der Waals surface area (Å²) in [5.74, 6) is 2.49. The van der Waals surface area contributed by atoms with Gasteiger partial charge in [-0.2, -0.15) is 13.2 Å². The van der Waals surface area contributed by atoms with Crippen LogP contribution in [0, 0.1) is 0 Å². The summed E-state index contributed by atoms with van der Waals surface area (Å²) < 4.78 is 71.5. The fourth-order valence-electron chi connectivity index (χ4n) is 3.98. The van der Waals surface area contributed by atoms with E-state index in [0.29, 0.717) is 29.6 Å². The van der Waals surface area contributed by atoms with Crippen LogP contribution in [0.4, 0.5) is 22.0 Å². The molecule has 0 aromatic heterocycles. The Bertz CT molecular complexity index is 1220. The number of hydrogen-bond acceptors (Lipinski definition) is 3. The summed E-state index contributed by atoms with van der Waals surface area (Å²) in [4.78, 5) is 0. The van der Waals surface area contributed by atoms with Gasteiger partial charge >= 0.3 is 6.18 Å². The van der Waals surface area contributed by atoms with Crippen molar-refractivity contribution in [2.45, 2.75) is 85.2 Å². The van der Waals surface area contributed by atoms with Gasteiger partial charge in [0.15, 0.2) is 0 Å². The number of halogens is 5. The molecule has 0 radical (unpaired) electrons. The molecule has 41 heavy (non-hydrogen) atoms. The van der Waals surface area contributed by atoms with Crippen LogP contribution >= 0.6 is 0 Å².